The van der Waals surface area contributed by atoms with Gasteiger partial charge in [0.1, 0.15) is 5.75 Å². The molecule has 1 aromatic heterocycles. The predicted octanol–water partition coefficient (Wildman–Crippen LogP) is 4.63. The van der Waals surface area contributed by atoms with Crippen LogP contribution in [-0.2, 0) is 12.8 Å². The molecule has 4 nitrogen and oxygen atoms in total. The zero-order chi connectivity index (χ0) is 17.1. The molecule has 0 spiro atoms. The van der Waals surface area contributed by atoms with Gasteiger partial charge in [0.05, 0.1) is 18.4 Å². The number of methoxy groups -OCH3 is 1. The Morgan fingerprint density at radius 2 is 2.25 bits per heavy atom. The summed E-state index contributed by atoms with van der Waals surface area (Å²) in [6.07, 6.45) is 6.17. The second-order valence-electron chi connectivity index (χ2n) is 5.62. The van der Waals surface area contributed by atoms with Crippen molar-refractivity contribution in [1.29, 1.82) is 0 Å². The van der Waals surface area contributed by atoms with Crippen LogP contribution in [0.5, 0.6) is 5.75 Å². The van der Waals surface area contributed by atoms with Gasteiger partial charge in [0, 0.05) is 15.9 Å². The van der Waals surface area contributed by atoms with E-state index in [2.05, 4.69) is 22.5 Å². The summed E-state index contributed by atoms with van der Waals surface area (Å²) < 4.78 is 5.99. The van der Waals surface area contributed by atoms with Crippen LogP contribution in [-0.4, -0.2) is 24.5 Å². The molecule has 0 radical (unpaired) electrons. The minimum Gasteiger partial charge on any atom is -0.497 e. The van der Waals surface area contributed by atoms with Gasteiger partial charge in [-0.2, -0.15) is 0 Å². The molecule has 6 heteroatoms. The first-order valence-corrected chi connectivity index (χ1v) is 9.50. The van der Waals surface area contributed by atoms with Crippen LogP contribution in [0.3, 0.4) is 0 Å². The van der Waals surface area contributed by atoms with Gasteiger partial charge in [-0.15, -0.1) is 17.9 Å². The number of hydrogen-bond donors (Lipinski definition) is 0. The van der Waals surface area contributed by atoms with Crippen molar-refractivity contribution in [1.82, 2.24) is 4.98 Å². The number of carbonyl (C=O) groups is 1. The topological polar surface area (TPSA) is 42.4 Å². The van der Waals surface area contributed by atoms with Crippen LogP contribution in [0, 0.1) is 0 Å². The number of amides is 1. The average Bonchev–Trinajstić information content (AvgIpc) is 3.03. The Kier molecular flexibility index (Phi) is 5.36. The number of carbonyl (C=O) groups excluding carboxylic acids is 1. The number of halogens is 1. The maximum atomic E-state index is 13.1. The molecule has 0 atom stereocenters. The van der Waals surface area contributed by atoms with Crippen LogP contribution in [0.2, 0.25) is 0 Å². The van der Waals surface area contributed by atoms with E-state index >= 15 is 0 Å². The van der Waals surface area contributed by atoms with Gasteiger partial charge in [-0.1, -0.05) is 6.08 Å². The summed E-state index contributed by atoms with van der Waals surface area (Å²) in [5.74, 6) is 0.547. The van der Waals surface area contributed by atoms with Gasteiger partial charge in [-0.3, -0.25) is 9.69 Å². The first kappa shape index (κ1) is 17.2. The molecule has 0 saturated heterocycles. The number of hydrogen-bond acceptors (Lipinski definition) is 4. The Morgan fingerprint density at radius 1 is 1.46 bits per heavy atom. The maximum Gasteiger partial charge on any atom is 0.261 e. The number of aromatic nitrogens is 1. The van der Waals surface area contributed by atoms with E-state index < -0.39 is 0 Å². The van der Waals surface area contributed by atoms with E-state index in [0.29, 0.717) is 17.9 Å². The van der Waals surface area contributed by atoms with E-state index in [1.54, 1.807) is 35.5 Å². The first-order valence-electron chi connectivity index (χ1n) is 7.89. The van der Waals surface area contributed by atoms with E-state index in [1.807, 2.05) is 12.1 Å². The Hall–Kier alpha value is -1.66. The number of ether oxygens (including phenoxy) is 1. The number of anilines is 1. The van der Waals surface area contributed by atoms with Crippen LogP contribution >= 0.6 is 27.3 Å². The van der Waals surface area contributed by atoms with Crippen molar-refractivity contribution < 1.29 is 9.53 Å². The number of nitrogens with zero attached hydrogens (tertiary/aromatic N) is 2. The van der Waals surface area contributed by atoms with Crippen molar-refractivity contribution in [3.8, 4) is 5.75 Å². The van der Waals surface area contributed by atoms with Crippen LogP contribution < -0.4 is 9.64 Å². The van der Waals surface area contributed by atoms with Gasteiger partial charge in [0.15, 0.2) is 5.13 Å². The van der Waals surface area contributed by atoms with Crippen LogP contribution in [0.15, 0.2) is 35.3 Å². The van der Waals surface area contributed by atoms with Crippen LogP contribution in [0.4, 0.5) is 5.13 Å². The summed E-state index contributed by atoms with van der Waals surface area (Å²) in [4.78, 5) is 20.8. The van der Waals surface area contributed by atoms with Crippen LogP contribution in [0.25, 0.3) is 0 Å². The maximum absolute atomic E-state index is 13.1. The highest BCUT2D eigenvalue weighted by Crippen LogP contribution is 2.33. The van der Waals surface area contributed by atoms with E-state index in [1.165, 1.54) is 17.7 Å². The lowest BCUT2D eigenvalue weighted by Gasteiger charge is -2.19. The van der Waals surface area contributed by atoms with Crippen LogP contribution in [0.1, 0.15) is 33.8 Å². The summed E-state index contributed by atoms with van der Waals surface area (Å²) >= 11 is 5.09. The molecule has 0 aliphatic heterocycles. The molecule has 3 rings (SSSR count). The third-order valence-corrected chi connectivity index (χ3v) is 5.90. The van der Waals surface area contributed by atoms with Crippen molar-refractivity contribution >= 4 is 38.3 Å². The molecule has 24 heavy (non-hydrogen) atoms. The number of benzene rings is 1. The van der Waals surface area contributed by atoms with Gasteiger partial charge in [0.2, 0.25) is 0 Å². The predicted molar refractivity (Wildman–Crippen MR) is 101 cm³/mol. The monoisotopic (exact) mass is 406 g/mol. The SMILES string of the molecule is C=CCN(C(=O)c1cc(OC)ccc1Br)c1nc2c(s1)CCCC2. The number of aryl methyl sites for hydroxylation is 2. The molecule has 1 aliphatic rings. The second-order valence-corrected chi connectivity index (χ2v) is 7.54. The second kappa shape index (κ2) is 7.49. The lowest BCUT2D eigenvalue weighted by Crippen LogP contribution is -2.31. The first-order chi connectivity index (χ1) is 11.6. The molecule has 0 fully saturated rings. The normalized spacial score (nSPS) is 13.2. The summed E-state index contributed by atoms with van der Waals surface area (Å²) in [7, 11) is 1.59. The third-order valence-electron chi connectivity index (χ3n) is 4.03. The Morgan fingerprint density at radius 3 is 2.96 bits per heavy atom. The molecular formula is C18H19BrN2O2S. The molecular weight excluding hydrogens is 388 g/mol. The average molecular weight is 407 g/mol. The summed E-state index contributed by atoms with van der Waals surface area (Å²) in [6.45, 7) is 4.21. The van der Waals surface area contributed by atoms with Gasteiger partial charge in [-0.05, 0) is 59.8 Å². The van der Waals surface area contributed by atoms with E-state index in [-0.39, 0.29) is 5.91 Å². The molecule has 1 aliphatic carbocycles. The number of fused-ring (bicyclic) bond motifs is 1. The van der Waals surface area contributed by atoms with Gasteiger partial charge < -0.3 is 4.74 Å². The van der Waals surface area contributed by atoms with Crippen molar-refractivity contribution in [2.45, 2.75) is 25.7 Å². The Balaban J connectivity index is 1.97. The van der Waals surface area contributed by atoms with Crippen molar-refractivity contribution in [2.75, 3.05) is 18.6 Å². The molecule has 0 unspecified atom stereocenters. The summed E-state index contributed by atoms with van der Waals surface area (Å²) in [6, 6.07) is 5.39. The third kappa shape index (κ3) is 3.39. The fraction of sp³-hybridized carbons (Fsp3) is 0.333. The standard InChI is InChI=1S/C18H19BrN2O2S/c1-3-10-21(18-20-15-6-4-5-7-16(15)24-18)17(22)13-11-12(23-2)8-9-14(13)19/h3,8-9,11H,1,4-7,10H2,2H3. The lowest BCUT2D eigenvalue weighted by atomic mass is 10.0. The van der Waals surface area contributed by atoms with E-state index in [0.717, 1.165) is 28.1 Å². The Bertz CT molecular complexity index is 749. The molecule has 1 amide bonds. The van der Waals surface area contributed by atoms with E-state index in [9.17, 15) is 4.79 Å². The van der Waals surface area contributed by atoms with Crippen molar-refractivity contribution in [3.63, 3.8) is 0 Å². The number of thiazole rings is 1. The lowest BCUT2D eigenvalue weighted by molar-refractivity contribution is 0.0988. The minimum atomic E-state index is -0.105. The zero-order valence-electron chi connectivity index (χ0n) is 13.5. The Labute approximate surface area is 154 Å². The van der Waals surface area contributed by atoms with Gasteiger partial charge >= 0.3 is 0 Å². The molecule has 126 valence electrons. The van der Waals surface area contributed by atoms with Gasteiger partial charge in [-0.25, -0.2) is 4.98 Å². The summed E-state index contributed by atoms with van der Waals surface area (Å²) in [5, 5.41) is 0.751. The largest absolute Gasteiger partial charge is 0.497 e. The fourth-order valence-electron chi connectivity index (χ4n) is 2.77. The molecule has 2 aromatic rings. The van der Waals surface area contributed by atoms with Crippen molar-refractivity contribution in [3.05, 3.63) is 51.5 Å². The molecule has 0 saturated carbocycles. The smallest absolute Gasteiger partial charge is 0.261 e. The molecule has 0 N–H and O–H groups in total. The highest BCUT2D eigenvalue weighted by atomic mass is 79.9. The van der Waals surface area contributed by atoms with Gasteiger partial charge in [0.25, 0.3) is 5.91 Å². The molecule has 1 heterocycles. The number of rotatable bonds is 5. The molecule has 1 aromatic carbocycles. The van der Waals surface area contributed by atoms with Crippen molar-refractivity contribution in [2.24, 2.45) is 0 Å². The highest BCUT2D eigenvalue weighted by Gasteiger charge is 2.25. The molecule has 0 bridgehead atoms. The quantitative estimate of drug-likeness (QED) is 0.679. The summed E-state index contributed by atoms with van der Waals surface area (Å²) in [5.41, 5.74) is 1.71. The zero-order valence-corrected chi connectivity index (χ0v) is 16.0. The minimum absolute atomic E-state index is 0.105. The van der Waals surface area contributed by atoms with E-state index in [4.69, 9.17) is 9.72 Å². The highest BCUT2D eigenvalue weighted by molar-refractivity contribution is 9.10. The fourth-order valence-corrected chi connectivity index (χ4v) is 4.34.